The Morgan fingerprint density at radius 2 is 1.75 bits per heavy atom. The molecule has 2 rings (SSSR count). The van der Waals surface area contributed by atoms with Crippen molar-refractivity contribution < 1.29 is 4.74 Å². The van der Waals surface area contributed by atoms with Gasteiger partial charge in [0.1, 0.15) is 0 Å². The SMILES string of the molecule is CCNC(=NCC1(NC(C)c2ccccc2)CCOCC1)NCC. The van der Waals surface area contributed by atoms with Crippen LogP contribution in [0.1, 0.15) is 45.2 Å². The fourth-order valence-electron chi connectivity index (χ4n) is 3.13. The molecule has 0 radical (unpaired) electrons. The standard InChI is InChI=1S/C19H32N4O/c1-4-20-18(21-5-2)22-15-19(11-13-24-14-12-19)23-16(3)17-9-7-6-8-10-17/h6-10,16,23H,4-5,11-15H2,1-3H3,(H2,20,21,22). The summed E-state index contributed by atoms with van der Waals surface area (Å²) in [7, 11) is 0. The van der Waals surface area contributed by atoms with Gasteiger partial charge in [-0.15, -0.1) is 0 Å². The highest BCUT2D eigenvalue weighted by molar-refractivity contribution is 5.79. The molecule has 1 unspecified atom stereocenters. The van der Waals surface area contributed by atoms with Crippen LogP contribution in [-0.2, 0) is 4.74 Å². The molecule has 0 aromatic heterocycles. The summed E-state index contributed by atoms with van der Waals surface area (Å²) in [6, 6.07) is 10.9. The molecule has 1 heterocycles. The average Bonchev–Trinajstić information content (AvgIpc) is 2.62. The molecule has 0 aliphatic carbocycles. The molecule has 1 aliphatic rings. The van der Waals surface area contributed by atoms with Gasteiger partial charge in [0, 0.05) is 37.9 Å². The van der Waals surface area contributed by atoms with Gasteiger partial charge in [-0.3, -0.25) is 4.99 Å². The summed E-state index contributed by atoms with van der Waals surface area (Å²) in [6.07, 6.45) is 1.97. The first-order chi connectivity index (χ1) is 11.7. The Labute approximate surface area is 146 Å². The molecule has 1 aromatic carbocycles. The van der Waals surface area contributed by atoms with Gasteiger partial charge in [-0.2, -0.15) is 0 Å². The Morgan fingerprint density at radius 1 is 1.12 bits per heavy atom. The van der Waals surface area contributed by atoms with E-state index in [1.54, 1.807) is 0 Å². The minimum absolute atomic E-state index is 0.0103. The van der Waals surface area contributed by atoms with Crippen molar-refractivity contribution in [2.75, 3.05) is 32.8 Å². The number of ether oxygens (including phenoxy) is 1. The lowest BCUT2D eigenvalue weighted by molar-refractivity contribution is 0.0374. The Balaban J connectivity index is 2.09. The lowest BCUT2D eigenvalue weighted by atomic mass is 9.88. The number of benzene rings is 1. The zero-order valence-corrected chi connectivity index (χ0v) is 15.3. The maximum atomic E-state index is 5.59. The third-order valence-corrected chi connectivity index (χ3v) is 4.50. The summed E-state index contributed by atoms with van der Waals surface area (Å²) in [5.74, 6) is 0.889. The smallest absolute Gasteiger partial charge is 0.191 e. The predicted octanol–water partition coefficient (Wildman–Crippen LogP) is 2.46. The number of nitrogens with zero attached hydrogens (tertiary/aromatic N) is 1. The van der Waals surface area contributed by atoms with Crippen LogP contribution in [0.2, 0.25) is 0 Å². The molecule has 1 fully saturated rings. The fraction of sp³-hybridized carbons (Fsp3) is 0.632. The van der Waals surface area contributed by atoms with Crippen molar-refractivity contribution in [3.05, 3.63) is 35.9 Å². The van der Waals surface area contributed by atoms with E-state index >= 15 is 0 Å². The quantitative estimate of drug-likeness (QED) is 0.530. The largest absolute Gasteiger partial charge is 0.381 e. The molecule has 5 heteroatoms. The molecule has 3 N–H and O–H groups in total. The van der Waals surface area contributed by atoms with E-state index in [4.69, 9.17) is 9.73 Å². The van der Waals surface area contributed by atoms with Crippen LogP contribution in [-0.4, -0.2) is 44.3 Å². The number of guanidine groups is 1. The highest BCUT2D eigenvalue weighted by atomic mass is 16.5. The van der Waals surface area contributed by atoms with Crippen molar-refractivity contribution in [2.45, 2.75) is 45.2 Å². The van der Waals surface area contributed by atoms with Gasteiger partial charge in [0.05, 0.1) is 6.54 Å². The van der Waals surface area contributed by atoms with Crippen molar-refractivity contribution in [3.8, 4) is 0 Å². The normalized spacial score (nSPS) is 17.8. The molecule has 0 saturated carbocycles. The second kappa shape index (κ2) is 9.64. The van der Waals surface area contributed by atoms with E-state index < -0.39 is 0 Å². The van der Waals surface area contributed by atoms with E-state index in [1.165, 1.54) is 5.56 Å². The highest BCUT2D eigenvalue weighted by Crippen LogP contribution is 2.25. The van der Waals surface area contributed by atoms with Crippen LogP contribution < -0.4 is 16.0 Å². The number of nitrogens with one attached hydrogen (secondary N) is 3. The lowest BCUT2D eigenvalue weighted by Gasteiger charge is -2.39. The Morgan fingerprint density at radius 3 is 2.33 bits per heavy atom. The highest BCUT2D eigenvalue weighted by Gasteiger charge is 2.33. The maximum Gasteiger partial charge on any atom is 0.191 e. The van der Waals surface area contributed by atoms with Gasteiger partial charge in [0.15, 0.2) is 5.96 Å². The minimum Gasteiger partial charge on any atom is -0.381 e. The van der Waals surface area contributed by atoms with Crippen LogP contribution in [0.5, 0.6) is 0 Å². The summed E-state index contributed by atoms with van der Waals surface area (Å²) in [4.78, 5) is 4.82. The molecule has 1 aromatic rings. The van der Waals surface area contributed by atoms with Gasteiger partial charge in [-0.25, -0.2) is 0 Å². The summed E-state index contributed by atoms with van der Waals surface area (Å²) < 4.78 is 5.59. The summed E-state index contributed by atoms with van der Waals surface area (Å²) in [5.41, 5.74) is 1.30. The number of hydrogen-bond acceptors (Lipinski definition) is 3. The summed E-state index contributed by atoms with van der Waals surface area (Å²) in [6.45, 7) is 10.5. The lowest BCUT2D eigenvalue weighted by Crippen LogP contribution is -2.53. The molecule has 24 heavy (non-hydrogen) atoms. The third-order valence-electron chi connectivity index (χ3n) is 4.50. The molecule has 1 saturated heterocycles. The first-order valence-electron chi connectivity index (χ1n) is 9.11. The zero-order valence-electron chi connectivity index (χ0n) is 15.3. The summed E-state index contributed by atoms with van der Waals surface area (Å²) in [5, 5.41) is 10.5. The molecule has 134 valence electrons. The molecular formula is C19H32N4O. The Kier molecular flexibility index (Phi) is 7.53. The van der Waals surface area contributed by atoms with E-state index in [-0.39, 0.29) is 5.54 Å². The first kappa shape index (κ1) is 18.7. The van der Waals surface area contributed by atoms with Crippen LogP contribution in [0.3, 0.4) is 0 Å². The summed E-state index contributed by atoms with van der Waals surface area (Å²) >= 11 is 0. The van der Waals surface area contributed by atoms with Crippen molar-refractivity contribution >= 4 is 5.96 Å². The molecule has 0 bridgehead atoms. The maximum absolute atomic E-state index is 5.59. The van der Waals surface area contributed by atoms with E-state index in [9.17, 15) is 0 Å². The van der Waals surface area contributed by atoms with Crippen molar-refractivity contribution in [1.29, 1.82) is 0 Å². The molecular weight excluding hydrogens is 300 g/mol. The van der Waals surface area contributed by atoms with Crippen LogP contribution in [0.15, 0.2) is 35.3 Å². The van der Waals surface area contributed by atoms with Gasteiger partial charge in [-0.05, 0) is 39.2 Å². The Hall–Kier alpha value is -1.59. The minimum atomic E-state index is -0.0103. The monoisotopic (exact) mass is 332 g/mol. The molecule has 0 spiro atoms. The van der Waals surface area contributed by atoms with Crippen molar-refractivity contribution in [2.24, 2.45) is 4.99 Å². The van der Waals surface area contributed by atoms with Gasteiger partial charge in [0.2, 0.25) is 0 Å². The molecule has 1 aliphatic heterocycles. The van der Waals surface area contributed by atoms with Crippen molar-refractivity contribution in [1.82, 2.24) is 16.0 Å². The van der Waals surface area contributed by atoms with Gasteiger partial charge in [-0.1, -0.05) is 30.3 Å². The van der Waals surface area contributed by atoms with Crippen molar-refractivity contribution in [3.63, 3.8) is 0 Å². The first-order valence-corrected chi connectivity index (χ1v) is 9.11. The Bertz CT molecular complexity index is 489. The van der Waals surface area contributed by atoms with Gasteiger partial charge in [0.25, 0.3) is 0 Å². The van der Waals surface area contributed by atoms with Crippen LogP contribution in [0.4, 0.5) is 0 Å². The second-order valence-corrected chi connectivity index (χ2v) is 6.39. The molecule has 0 amide bonds. The molecule has 1 atom stereocenters. The topological polar surface area (TPSA) is 57.7 Å². The van der Waals surface area contributed by atoms with E-state index in [0.29, 0.717) is 6.04 Å². The van der Waals surface area contributed by atoms with Crippen LogP contribution in [0.25, 0.3) is 0 Å². The molecule has 5 nitrogen and oxygen atoms in total. The zero-order chi connectivity index (χ0) is 17.3. The van der Waals surface area contributed by atoms with Gasteiger partial charge < -0.3 is 20.7 Å². The van der Waals surface area contributed by atoms with E-state index in [0.717, 1.165) is 51.6 Å². The number of rotatable bonds is 7. The third kappa shape index (κ3) is 5.49. The average molecular weight is 332 g/mol. The van der Waals surface area contributed by atoms with E-state index in [2.05, 4.69) is 67.1 Å². The number of hydrogen-bond donors (Lipinski definition) is 3. The van der Waals surface area contributed by atoms with Crippen LogP contribution in [0, 0.1) is 0 Å². The van der Waals surface area contributed by atoms with E-state index in [1.807, 2.05) is 0 Å². The second-order valence-electron chi connectivity index (χ2n) is 6.39. The number of aliphatic imine (C=N–C) groups is 1. The van der Waals surface area contributed by atoms with Crippen LogP contribution >= 0.6 is 0 Å². The fourth-order valence-corrected chi connectivity index (χ4v) is 3.13. The van der Waals surface area contributed by atoms with Gasteiger partial charge >= 0.3 is 0 Å². The predicted molar refractivity (Wildman–Crippen MR) is 100 cm³/mol.